The number of halogens is 2. The lowest BCUT2D eigenvalue weighted by Crippen LogP contribution is -2.05. The van der Waals surface area contributed by atoms with Gasteiger partial charge in [-0.05, 0) is 12.1 Å². The molecule has 2 aromatic rings. The summed E-state index contributed by atoms with van der Waals surface area (Å²) in [5.41, 5.74) is 6.25. The molecule has 2 N–H and O–H groups in total. The molecule has 0 heterocycles. The van der Waals surface area contributed by atoms with Crippen molar-refractivity contribution in [2.45, 2.75) is 13.2 Å². The van der Waals surface area contributed by atoms with Crippen LogP contribution in [0.5, 0.6) is 5.75 Å². The molecule has 0 aliphatic rings. The summed E-state index contributed by atoms with van der Waals surface area (Å²) in [5.74, 6) is -0.169. The molecule has 0 aromatic heterocycles. The Morgan fingerprint density at radius 2 is 2.05 bits per heavy atom. The maximum Gasteiger partial charge on any atom is 0.270 e. The first kappa shape index (κ1) is 15.2. The quantitative estimate of drug-likeness (QED) is 0.678. The molecule has 0 amide bonds. The predicted octanol–water partition coefficient (Wildman–Crippen LogP) is 3.43. The number of rotatable bonds is 5. The second-order valence-corrected chi connectivity index (χ2v) is 4.66. The molecule has 0 radical (unpaired) electrons. The third-order valence-electron chi connectivity index (χ3n) is 2.89. The van der Waals surface area contributed by atoms with Gasteiger partial charge in [0, 0.05) is 29.8 Å². The van der Waals surface area contributed by atoms with Crippen LogP contribution in [0.2, 0.25) is 5.02 Å². The van der Waals surface area contributed by atoms with Crippen LogP contribution in [0.4, 0.5) is 10.1 Å². The number of nitrogens with two attached hydrogens (primary N) is 1. The highest BCUT2D eigenvalue weighted by molar-refractivity contribution is 6.30. The summed E-state index contributed by atoms with van der Waals surface area (Å²) in [6.07, 6.45) is 0. The standard InChI is InChI=1S/C14H12ClFN2O3/c15-12-3-1-2-9(14(12)16)8-21-13-5-4-11(18(19)20)6-10(13)7-17/h1-6H,7-8,17H2. The lowest BCUT2D eigenvalue weighted by atomic mass is 10.1. The lowest BCUT2D eigenvalue weighted by molar-refractivity contribution is -0.384. The molecule has 0 atom stereocenters. The summed E-state index contributed by atoms with van der Waals surface area (Å²) in [4.78, 5) is 10.2. The van der Waals surface area contributed by atoms with Crippen molar-refractivity contribution in [2.75, 3.05) is 0 Å². The van der Waals surface area contributed by atoms with E-state index in [0.29, 0.717) is 16.9 Å². The van der Waals surface area contributed by atoms with Crippen LogP contribution in [0, 0.1) is 15.9 Å². The summed E-state index contributed by atoms with van der Waals surface area (Å²) >= 11 is 5.68. The molecular weight excluding hydrogens is 299 g/mol. The van der Waals surface area contributed by atoms with Crippen molar-refractivity contribution in [3.63, 3.8) is 0 Å². The molecular formula is C14H12ClFN2O3. The number of ether oxygens (including phenoxy) is 1. The van der Waals surface area contributed by atoms with Gasteiger partial charge in [0.1, 0.15) is 18.2 Å². The summed E-state index contributed by atoms with van der Waals surface area (Å²) in [6.45, 7) is 0.0340. The summed E-state index contributed by atoms with van der Waals surface area (Å²) in [6, 6.07) is 8.70. The van der Waals surface area contributed by atoms with Gasteiger partial charge in [-0.2, -0.15) is 0 Å². The number of hydrogen-bond acceptors (Lipinski definition) is 4. The molecule has 0 saturated heterocycles. The first-order chi connectivity index (χ1) is 10.0. The molecule has 0 aliphatic heterocycles. The Bertz CT molecular complexity index is 679. The van der Waals surface area contributed by atoms with Crippen LogP contribution in [0.25, 0.3) is 0 Å². The van der Waals surface area contributed by atoms with E-state index in [-0.39, 0.29) is 23.9 Å². The van der Waals surface area contributed by atoms with Crippen molar-refractivity contribution in [1.29, 1.82) is 0 Å². The van der Waals surface area contributed by atoms with Crippen molar-refractivity contribution < 1.29 is 14.1 Å². The summed E-state index contributed by atoms with van der Waals surface area (Å²) < 4.78 is 19.2. The van der Waals surface area contributed by atoms with Gasteiger partial charge in [0.25, 0.3) is 5.69 Å². The molecule has 0 spiro atoms. The van der Waals surface area contributed by atoms with E-state index in [1.54, 1.807) is 12.1 Å². The number of benzene rings is 2. The topological polar surface area (TPSA) is 78.4 Å². The summed E-state index contributed by atoms with van der Waals surface area (Å²) in [5, 5.41) is 10.7. The zero-order chi connectivity index (χ0) is 15.4. The Morgan fingerprint density at radius 1 is 1.29 bits per heavy atom. The van der Waals surface area contributed by atoms with Gasteiger partial charge in [0.2, 0.25) is 0 Å². The molecule has 0 aliphatic carbocycles. The van der Waals surface area contributed by atoms with Crippen LogP contribution in [0.1, 0.15) is 11.1 Å². The normalized spacial score (nSPS) is 10.4. The number of non-ortho nitro benzene ring substituents is 1. The molecule has 2 aromatic carbocycles. The van der Waals surface area contributed by atoms with Crippen LogP contribution in [-0.2, 0) is 13.2 Å². The number of nitro benzene ring substituents is 1. The van der Waals surface area contributed by atoms with Crippen LogP contribution in [-0.4, -0.2) is 4.92 Å². The zero-order valence-electron chi connectivity index (χ0n) is 10.9. The summed E-state index contributed by atoms with van der Waals surface area (Å²) in [7, 11) is 0. The monoisotopic (exact) mass is 310 g/mol. The maximum atomic E-state index is 13.7. The van der Waals surface area contributed by atoms with Gasteiger partial charge in [-0.3, -0.25) is 10.1 Å². The molecule has 0 fully saturated rings. The van der Waals surface area contributed by atoms with Crippen LogP contribution < -0.4 is 10.5 Å². The van der Waals surface area contributed by atoms with E-state index in [1.807, 2.05) is 0 Å². The highest BCUT2D eigenvalue weighted by Gasteiger charge is 2.12. The Hall–Kier alpha value is -2.18. The van der Waals surface area contributed by atoms with Crippen LogP contribution in [0.15, 0.2) is 36.4 Å². The minimum absolute atomic E-state index is 0.0128. The van der Waals surface area contributed by atoms with Crippen LogP contribution >= 0.6 is 11.6 Å². The Morgan fingerprint density at radius 3 is 2.71 bits per heavy atom. The molecule has 7 heteroatoms. The first-order valence-electron chi connectivity index (χ1n) is 6.06. The van der Waals surface area contributed by atoms with Gasteiger partial charge in [0.15, 0.2) is 0 Å². The van der Waals surface area contributed by atoms with E-state index in [2.05, 4.69) is 0 Å². The number of hydrogen-bond donors (Lipinski definition) is 1. The fourth-order valence-electron chi connectivity index (χ4n) is 1.80. The van der Waals surface area contributed by atoms with Crippen molar-refractivity contribution >= 4 is 17.3 Å². The van der Waals surface area contributed by atoms with E-state index < -0.39 is 10.7 Å². The molecule has 21 heavy (non-hydrogen) atoms. The predicted molar refractivity (Wildman–Crippen MR) is 76.7 cm³/mol. The molecule has 2 rings (SSSR count). The van der Waals surface area contributed by atoms with Gasteiger partial charge >= 0.3 is 0 Å². The second-order valence-electron chi connectivity index (χ2n) is 4.25. The van der Waals surface area contributed by atoms with E-state index in [9.17, 15) is 14.5 Å². The zero-order valence-corrected chi connectivity index (χ0v) is 11.6. The van der Waals surface area contributed by atoms with Gasteiger partial charge in [-0.25, -0.2) is 4.39 Å². The number of nitrogens with zero attached hydrogens (tertiary/aromatic N) is 1. The van der Waals surface area contributed by atoms with E-state index in [0.717, 1.165) is 0 Å². The lowest BCUT2D eigenvalue weighted by Gasteiger charge is -2.11. The highest BCUT2D eigenvalue weighted by Crippen LogP contribution is 2.26. The average molecular weight is 311 g/mol. The number of nitro groups is 1. The smallest absolute Gasteiger partial charge is 0.270 e. The van der Waals surface area contributed by atoms with Gasteiger partial charge in [0.05, 0.1) is 9.95 Å². The van der Waals surface area contributed by atoms with Gasteiger partial charge < -0.3 is 10.5 Å². The van der Waals surface area contributed by atoms with Crippen molar-refractivity contribution in [3.05, 3.63) is 68.5 Å². The minimum Gasteiger partial charge on any atom is -0.488 e. The Kier molecular flexibility index (Phi) is 4.72. The van der Waals surface area contributed by atoms with Gasteiger partial charge in [-0.15, -0.1) is 0 Å². The van der Waals surface area contributed by atoms with Crippen molar-refractivity contribution in [3.8, 4) is 5.75 Å². The minimum atomic E-state index is -0.546. The highest BCUT2D eigenvalue weighted by atomic mass is 35.5. The molecule has 0 saturated carbocycles. The van der Waals surface area contributed by atoms with Crippen LogP contribution in [0.3, 0.4) is 0 Å². The van der Waals surface area contributed by atoms with Crippen molar-refractivity contribution in [1.82, 2.24) is 0 Å². The molecule has 110 valence electrons. The third kappa shape index (κ3) is 3.48. The molecule has 5 nitrogen and oxygen atoms in total. The fourth-order valence-corrected chi connectivity index (χ4v) is 1.99. The Labute approximate surface area is 125 Å². The third-order valence-corrected chi connectivity index (χ3v) is 3.18. The molecule has 0 bridgehead atoms. The fraction of sp³-hybridized carbons (Fsp3) is 0.143. The second kappa shape index (κ2) is 6.51. The van der Waals surface area contributed by atoms with E-state index in [1.165, 1.54) is 24.3 Å². The van der Waals surface area contributed by atoms with Crippen molar-refractivity contribution in [2.24, 2.45) is 5.73 Å². The maximum absolute atomic E-state index is 13.7. The van der Waals surface area contributed by atoms with E-state index in [4.69, 9.17) is 22.1 Å². The first-order valence-corrected chi connectivity index (χ1v) is 6.43. The largest absolute Gasteiger partial charge is 0.488 e. The SMILES string of the molecule is NCc1cc([N+](=O)[O-])ccc1OCc1cccc(Cl)c1F. The average Bonchev–Trinajstić information content (AvgIpc) is 2.48. The van der Waals surface area contributed by atoms with E-state index >= 15 is 0 Å². The Balaban J connectivity index is 2.20. The van der Waals surface area contributed by atoms with Gasteiger partial charge in [-0.1, -0.05) is 23.7 Å². The molecule has 0 unspecified atom stereocenters.